The molecule has 0 saturated carbocycles. The minimum absolute atomic E-state index is 0.0520. The lowest BCUT2D eigenvalue weighted by Crippen LogP contribution is -2.48. The third kappa shape index (κ3) is 3.69. The fourth-order valence-corrected chi connectivity index (χ4v) is 2.95. The molecule has 1 amide bonds. The fraction of sp³-hybridized carbons (Fsp3) is 0.368. The largest absolute Gasteiger partial charge is 0.493 e. The first-order valence-corrected chi connectivity index (χ1v) is 8.81. The average Bonchev–Trinajstić information content (AvgIpc) is 3.23. The van der Waals surface area contributed by atoms with E-state index in [-0.39, 0.29) is 17.6 Å². The van der Waals surface area contributed by atoms with E-state index in [4.69, 9.17) is 13.7 Å². The van der Waals surface area contributed by atoms with Gasteiger partial charge in [-0.15, -0.1) is 0 Å². The summed E-state index contributed by atoms with van der Waals surface area (Å²) < 4.78 is 16.2. The molecule has 0 unspecified atom stereocenters. The molecular formula is C19H20N4O4. The lowest BCUT2D eigenvalue weighted by molar-refractivity contribution is 0.0536. The van der Waals surface area contributed by atoms with Gasteiger partial charge in [0.2, 0.25) is 11.7 Å². The summed E-state index contributed by atoms with van der Waals surface area (Å²) in [5.41, 5.74) is 1.75. The number of carbonyl (C=O) groups excluding carboxylic acids is 1. The number of amides is 1. The molecule has 0 spiro atoms. The van der Waals surface area contributed by atoms with E-state index in [0.717, 1.165) is 11.3 Å². The summed E-state index contributed by atoms with van der Waals surface area (Å²) >= 11 is 0. The highest BCUT2D eigenvalue weighted by Crippen LogP contribution is 2.27. The van der Waals surface area contributed by atoms with Gasteiger partial charge in [0.25, 0.3) is 5.91 Å². The van der Waals surface area contributed by atoms with Gasteiger partial charge in [0, 0.05) is 19.5 Å². The standard InChI is InChI=1S/C19H20N4O4/c1-12-4-3-5-15(8-12)25-7-6-16-21-18(27-22-16)14-9-23(10-14)19(24)17-13(2)20-11-26-17/h3-5,8,11,14H,6-7,9-10H2,1-2H3. The lowest BCUT2D eigenvalue weighted by Gasteiger charge is -2.36. The number of ether oxygens (including phenoxy) is 1. The number of hydrogen-bond donors (Lipinski definition) is 0. The number of benzene rings is 1. The minimum atomic E-state index is -0.160. The second-order valence-electron chi connectivity index (χ2n) is 6.64. The molecule has 2 aromatic heterocycles. The van der Waals surface area contributed by atoms with E-state index in [9.17, 15) is 4.79 Å². The number of hydrogen-bond acceptors (Lipinski definition) is 7. The van der Waals surface area contributed by atoms with Crippen molar-refractivity contribution in [3.8, 4) is 5.75 Å². The third-order valence-electron chi connectivity index (χ3n) is 4.53. The first-order valence-electron chi connectivity index (χ1n) is 8.81. The third-order valence-corrected chi connectivity index (χ3v) is 4.53. The van der Waals surface area contributed by atoms with Gasteiger partial charge in [-0.2, -0.15) is 4.98 Å². The number of aryl methyl sites for hydroxylation is 2. The van der Waals surface area contributed by atoms with Gasteiger partial charge in [-0.3, -0.25) is 4.79 Å². The Morgan fingerprint density at radius 3 is 2.93 bits per heavy atom. The van der Waals surface area contributed by atoms with E-state index < -0.39 is 0 Å². The van der Waals surface area contributed by atoms with Gasteiger partial charge >= 0.3 is 0 Å². The van der Waals surface area contributed by atoms with Crippen molar-refractivity contribution in [1.82, 2.24) is 20.0 Å². The monoisotopic (exact) mass is 368 g/mol. The summed E-state index contributed by atoms with van der Waals surface area (Å²) in [6, 6.07) is 7.89. The Kier molecular flexibility index (Phi) is 4.62. The molecule has 0 atom stereocenters. The summed E-state index contributed by atoms with van der Waals surface area (Å²) in [5, 5.41) is 4.00. The van der Waals surface area contributed by atoms with Crippen molar-refractivity contribution in [2.45, 2.75) is 26.2 Å². The van der Waals surface area contributed by atoms with Gasteiger partial charge in [0.1, 0.15) is 5.75 Å². The van der Waals surface area contributed by atoms with E-state index in [1.807, 2.05) is 31.2 Å². The number of likely N-dealkylation sites (tertiary alicyclic amines) is 1. The maximum absolute atomic E-state index is 12.3. The number of aromatic nitrogens is 3. The van der Waals surface area contributed by atoms with Crippen LogP contribution in [0.1, 0.15) is 39.4 Å². The zero-order valence-electron chi connectivity index (χ0n) is 15.2. The minimum Gasteiger partial charge on any atom is -0.493 e. The van der Waals surface area contributed by atoms with Crippen molar-refractivity contribution in [2.75, 3.05) is 19.7 Å². The molecule has 0 bridgehead atoms. The molecule has 8 heteroatoms. The van der Waals surface area contributed by atoms with Crippen LogP contribution in [0, 0.1) is 13.8 Å². The van der Waals surface area contributed by atoms with Crippen LogP contribution in [0.15, 0.2) is 39.6 Å². The van der Waals surface area contributed by atoms with E-state index in [2.05, 4.69) is 15.1 Å². The Morgan fingerprint density at radius 2 is 2.19 bits per heavy atom. The Bertz CT molecular complexity index is 943. The summed E-state index contributed by atoms with van der Waals surface area (Å²) in [6.45, 7) is 5.30. The van der Waals surface area contributed by atoms with Gasteiger partial charge in [-0.05, 0) is 31.5 Å². The van der Waals surface area contributed by atoms with Crippen molar-refractivity contribution in [1.29, 1.82) is 0 Å². The maximum atomic E-state index is 12.3. The normalized spacial score (nSPS) is 14.2. The van der Waals surface area contributed by atoms with Crippen LogP contribution in [-0.4, -0.2) is 45.6 Å². The molecule has 140 valence electrons. The smallest absolute Gasteiger partial charge is 0.291 e. The van der Waals surface area contributed by atoms with Crippen LogP contribution in [-0.2, 0) is 6.42 Å². The van der Waals surface area contributed by atoms with Crippen molar-refractivity contribution in [2.24, 2.45) is 0 Å². The van der Waals surface area contributed by atoms with Gasteiger partial charge in [0.05, 0.1) is 18.2 Å². The van der Waals surface area contributed by atoms with Crippen molar-refractivity contribution in [3.05, 3.63) is 59.4 Å². The molecule has 3 heterocycles. The maximum Gasteiger partial charge on any atom is 0.291 e. The fourth-order valence-electron chi connectivity index (χ4n) is 2.95. The molecule has 1 aromatic carbocycles. The van der Waals surface area contributed by atoms with E-state index in [1.54, 1.807) is 11.8 Å². The van der Waals surface area contributed by atoms with Crippen molar-refractivity contribution >= 4 is 5.91 Å². The van der Waals surface area contributed by atoms with Crippen LogP contribution in [0.3, 0.4) is 0 Å². The average molecular weight is 368 g/mol. The highest BCUT2D eigenvalue weighted by atomic mass is 16.5. The Morgan fingerprint density at radius 1 is 1.33 bits per heavy atom. The van der Waals surface area contributed by atoms with Crippen LogP contribution in [0.2, 0.25) is 0 Å². The van der Waals surface area contributed by atoms with E-state index in [0.29, 0.717) is 43.5 Å². The second kappa shape index (κ2) is 7.22. The summed E-state index contributed by atoms with van der Waals surface area (Å²) in [7, 11) is 0. The van der Waals surface area contributed by atoms with Gasteiger partial charge in [0.15, 0.2) is 12.2 Å². The topological polar surface area (TPSA) is 94.5 Å². The van der Waals surface area contributed by atoms with Crippen LogP contribution >= 0.6 is 0 Å². The molecule has 1 aliphatic heterocycles. The quantitative estimate of drug-likeness (QED) is 0.660. The molecule has 1 fully saturated rings. The number of rotatable bonds is 6. The van der Waals surface area contributed by atoms with Gasteiger partial charge in [-0.25, -0.2) is 4.98 Å². The molecule has 3 aromatic rings. The first-order chi connectivity index (χ1) is 13.1. The Labute approximate surface area is 156 Å². The molecule has 27 heavy (non-hydrogen) atoms. The molecule has 0 aliphatic carbocycles. The predicted octanol–water partition coefficient (Wildman–Crippen LogP) is 2.54. The van der Waals surface area contributed by atoms with Crippen LogP contribution in [0.25, 0.3) is 0 Å². The summed E-state index contributed by atoms with van der Waals surface area (Å²) in [5.74, 6) is 2.17. The number of nitrogens with zero attached hydrogens (tertiary/aromatic N) is 4. The first kappa shape index (κ1) is 17.3. The second-order valence-corrected chi connectivity index (χ2v) is 6.64. The zero-order valence-corrected chi connectivity index (χ0v) is 15.2. The molecule has 4 rings (SSSR count). The molecule has 1 saturated heterocycles. The molecule has 1 aliphatic rings. The Balaban J connectivity index is 1.27. The summed E-state index contributed by atoms with van der Waals surface area (Å²) in [4.78, 5) is 22.4. The van der Waals surface area contributed by atoms with Crippen LogP contribution in [0.5, 0.6) is 5.75 Å². The zero-order chi connectivity index (χ0) is 18.8. The van der Waals surface area contributed by atoms with Crippen LogP contribution < -0.4 is 4.74 Å². The Hall–Kier alpha value is -3.16. The van der Waals surface area contributed by atoms with Gasteiger partial charge in [-0.1, -0.05) is 17.3 Å². The van der Waals surface area contributed by atoms with E-state index >= 15 is 0 Å². The molecule has 0 N–H and O–H groups in total. The van der Waals surface area contributed by atoms with Crippen LogP contribution in [0.4, 0.5) is 0 Å². The SMILES string of the molecule is Cc1cccc(OCCc2noc(C3CN(C(=O)c4ocnc4C)C3)n2)c1. The highest BCUT2D eigenvalue weighted by Gasteiger charge is 2.37. The van der Waals surface area contributed by atoms with Crippen molar-refractivity contribution in [3.63, 3.8) is 0 Å². The molecule has 0 radical (unpaired) electrons. The van der Waals surface area contributed by atoms with Gasteiger partial charge < -0.3 is 18.6 Å². The molecular weight excluding hydrogens is 348 g/mol. The van der Waals surface area contributed by atoms with Crippen molar-refractivity contribution < 1.29 is 18.5 Å². The number of oxazole rings is 1. The predicted molar refractivity (Wildman–Crippen MR) is 94.6 cm³/mol. The highest BCUT2D eigenvalue weighted by molar-refractivity contribution is 5.93. The number of carbonyl (C=O) groups is 1. The summed E-state index contributed by atoms with van der Waals surface area (Å²) in [6.07, 6.45) is 1.84. The van der Waals surface area contributed by atoms with E-state index in [1.165, 1.54) is 6.39 Å². The molecule has 8 nitrogen and oxygen atoms in total. The lowest BCUT2D eigenvalue weighted by atomic mass is 9.99.